The average molecular weight is 390 g/mol. The van der Waals surface area contributed by atoms with Gasteiger partial charge in [-0.2, -0.15) is 0 Å². The van der Waals surface area contributed by atoms with Crippen LogP contribution in [-0.4, -0.2) is 21.8 Å². The monoisotopic (exact) mass is 389 g/mol. The van der Waals surface area contributed by atoms with E-state index in [2.05, 4.69) is 46.0 Å². The van der Waals surface area contributed by atoms with Gasteiger partial charge >= 0.3 is 0 Å². The number of hydrogen-bond donors (Lipinski definition) is 1. The second kappa shape index (κ2) is 6.37. The van der Waals surface area contributed by atoms with Crippen molar-refractivity contribution >= 4 is 22.8 Å². The molecular weight excluding hydrogens is 354 g/mol. The van der Waals surface area contributed by atoms with Gasteiger partial charge in [0.15, 0.2) is 0 Å². The molecule has 1 amide bonds. The fraction of sp³-hybridized carbons (Fsp3) is 0.826. The minimum Gasteiger partial charge on any atom is -0.351 e. The Morgan fingerprint density at radius 3 is 2.63 bits per heavy atom. The zero-order chi connectivity index (χ0) is 19.6. The number of thioether (sulfide) groups is 1. The molecule has 4 rings (SSSR count). The number of rotatable bonds is 1. The van der Waals surface area contributed by atoms with Crippen LogP contribution in [0.4, 0.5) is 0 Å². The first kappa shape index (κ1) is 19.5. The molecule has 3 aliphatic carbocycles. The lowest BCUT2D eigenvalue weighted by Gasteiger charge is -2.57. The molecule has 27 heavy (non-hydrogen) atoms. The summed E-state index contributed by atoms with van der Waals surface area (Å²) in [4.78, 5) is 24.8. The first-order valence-corrected chi connectivity index (χ1v) is 11.6. The number of nitrogens with one attached hydrogen (secondary N) is 1. The Labute approximate surface area is 168 Å². The molecule has 0 spiro atoms. The number of fused-ring (bicyclic) bond motifs is 5. The molecule has 3 nitrogen and oxygen atoms in total. The molecule has 3 fully saturated rings. The summed E-state index contributed by atoms with van der Waals surface area (Å²) in [6, 6.07) is 0. The first-order valence-electron chi connectivity index (χ1n) is 10.7. The minimum atomic E-state index is -0.156. The highest BCUT2D eigenvalue weighted by molar-refractivity contribution is 8.14. The molecule has 4 aliphatic rings. The largest absolute Gasteiger partial charge is 0.351 e. The van der Waals surface area contributed by atoms with Crippen LogP contribution in [0.5, 0.6) is 0 Å². The van der Waals surface area contributed by atoms with Crippen molar-refractivity contribution in [1.29, 1.82) is 0 Å². The van der Waals surface area contributed by atoms with Crippen LogP contribution in [0.2, 0.25) is 0 Å². The number of amides is 1. The van der Waals surface area contributed by atoms with Gasteiger partial charge in [0.1, 0.15) is 0 Å². The van der Waals surface area contributed by atoms with Gasteiger partial charge < -0.3 is 5.32 Å². The van der Waals surface area contributed by atoms with Gasteiger partial charge in [0, 0.05) is 22.1 Å². The standard InChI is InChI=1S/C23H35NO2S/c1-21(2,3)24-20(26)14-12-17-15-6-7-18-23(5,11-9-19(25)27-18)16(15)8-10-22(17,4)13-14/h9,11,14-18H,6-8,10,12-13H2,1-5H3,(H,24,26)/t14?,15-,16-,17+,18?,22-,23-/m1/s1. The SMILES string of the molecule is CC(C)(C)NC(=O)C1C[C@H]2[C@@H]3CCC4SC(=O)C=C[C@]4(C)[C@@H]3CC[C@]2(C)C1. The van der Waals surface area contributed by atoms with Gasteiger partial charge in [-0.25, -0.2) is 0 Å². The second-order valence-electron chi connectivity index (χ2n) is 11.1. The van der Waals surface area contributed by atoms with Crippen LogP contribution in [0.1, 0.15) is 73.1 Å². The smallest absolute Gasteiger partial charge is 0.223 e. The molecular formula is C23H35NO2S. The predicted octanol–water partition coefficient (Wildman–Crippen LogP) is 4.96. The Kier molecular flexibility index (Phi) is 4.61. The molecule has 150 valence electrons. The van der Waals surface area contributed by atoms with Crippen LogP contribution in [0, 0.1) is 34.5 Å². The third kappa shape index (κ3) is 3.30. The maximum absolute atomic E-state index is 12.9. The maximum Gasteiger partial charge on any atom is 0.223 e. The fourth-order valence-corrected chi connectivity index (χ4v) is 8.12. The Balaban J connectivity index is 1.56. The van der Waals surface area contributed by atoms with E-state index in [1.165, 1.54) is 19.3 Å². The van der Waals surface area contributed by atoms with Crippen LogP contribution < -0.4 is 5.32 Å². The van der Waals surface area contributed by atoms with Gasteiger partial charge in [-0.15, -0.1) is 0 Å². The van der Waals surface area contributed by atoms with Crippen molar-refractivity contribution in [3.05, 3.63) is 12.2 Å². The van der Waals surface area contributed by atoms with E-state index >= 15 is 0 Å². The third-order valence-corrected chi connectivity index (χ3v) is 9.56. The van der Waals surface area contributed by atoms with E-state index in [1.54, 1.807) is 11.8 Å². The van der Waals surface area contributed by atoms with Crippen molar-refractivity contribution in [2.24, 2.45) is 34.5 Å². The molecule has 0 bridgehead atoms. The molecule has 0 aromatic rings. The number of carbonyl (C=O) groups is 2. The Morgan fingerprint density at radius 2 is 1.93 bits per heavy atom. The van der Waals surface area contributed by atoms with E-state index in [4.69, 9.17) is 0 Å². The highest BCUT2D eigenvalue weighted by Gasteiger charge is 2.59. The second-order valence-corrected chi connectivity index (χ2v) is 12.4. The lowest BCUT2D eigenvalue weighted by molar-refractivity contribution is -0.126. The van der Waals surface area contributed by atoms with Crippen LogP contribution in [0.25, 0.3) is 0 Å². The van der Waals surface area contributed by atoms with Crippen molar-refractivity contribution in [2.75, 3.05) is 0 Å². The highest BCUT2D eigenvalue weighted by Crippen LogP contribution is 2.65. The molecule has 4 heteroatoms. The van der Waals surface area contributed by atoms with Gasteiger partial charge in [0.05, 0.1) is 0 Å². The molecule has 0 aromatic carbocycles. The molecule has 0 radical (unpaired) electrons. The summed E-state index contributed by atoms with van der Waals surface area (Å²) in [6.07, 6.45) is 11.0. The van der Waals surface area contributed by atoms with Crippen molar-refractivity contribution < 1.29 is 9.59 Å². The summed E-state index contributed by atoms with van der Waals surface area (Å²) in [5.41, 5.74) is 0.302. The van der Waals surface area contributed by atoms with Crippen molar-refractivity contribution in [3.63, 3.8) is 0 Å². The van der Waals surface area contributed by atoms with Crippen LogP contribution in [-0.2, 0) is 9.59 Å². The molecule has 0 saturated heterocycles. The quantitative estimate of drug-likeness (QED) is 0.689. The Hall–Kier alpha value is -0.770. The van der Waals surface area contributed by atoms with E-state index in [9.17, 15) is 9.59 Å². The lowest BCUT2D eigenvalue weighted by Crippen LogP contribution is -2.52. The molecule has 7 atom stereocenters. The third-order valence-electron chi connectivity index (χ3n) is 8.17. The topological polar surface area (TPSA) is 46.2 Å². The molecule has 0 aromatic heterocycles. The van der Waals surface area contributed by atoms with E-state index in [1.807, 2.05) is 6.08 Å². The lowest BCUT2D eigenvalue weighted by atomic mass is 9.50. The van der Waals surface area contributed by atoms with Gasteiger partial charge in [-0.3, -0.25) is 9.59 Å². The van der Waals surface area contributed by atoms with Crippen LogP contribution in [0.15, 0.2) is 12.2 Å². The van der Waals surface area contributed by atoms with E-state index in [0.717, 1.165) is 19.3 Å². The zero-order valence-corrected chi connectivity index (χ0v) is 18.3. The summed E-state index contributed by atoms with van der Waals surface area (Å²) < 4.78 is 0. The van der Waals surface area contributed by atoms with E-state index in [-0.39, 0.29) is 27.9 Å². The van der Waals surface area contributed by atoms with Gasteiger partial charge in [0.25, 0.3) is 0 Å². The first-order chi connectivity index (χ1) is 12.5. The molecule has 2 unspecified atom stereocenters. The number of hydrogen-bond acceptors (Lipinski definition) is 3. The van der Waals surface area contributed by atoms with Crippen molar-refractivity contribution in [1.82, 2.24) is 5.32 Å². The van der Waals surface area contributed by atoms with Gasteiger partial charge in [0.2, 0.25) is 11.0 Å². The summed E-state index contributed by atoms with van der Waals surface area (Å²) in [7, 11) is 0. The normalized spacial score (nSPS) is 46.4. The van der Waals surface area contributed by atoms with Crippen LogP contribution in [0.3, 0.4) is 0 Å². The minimum absolute atomic E-state index is 0.147. The summed E-state index contributed by atoms with van der Waals surface area (Å²) >= 11 is 1.57. The summed E-state index contributed by atoms with van der Waals surface area (Å²) in [6.45, 7) is 11.1. The van der Waals surface area contributed by atoms with Gasteiger partial charge in [-0.05, 0) is 88.5 Å². The van der Waals surface area contributed by atoms with Crippen LogP contribution >= 0.6 is 11.8 Å². The maximum atomic E-state index is 12.9. The molecule has 1 N–H and O–H groups in total. The highest BCUT2D eigenvalue weighted by atomic mass is 32.2. The number of allylic oxidation sites excluding steroid dienone is 1. The van der Waals surface area contributed by atoms with E-state index in [0.29, 0.717) is 28.4 Å². The van der Waals surface area contributed by atoms with Gasteiger partial charge in [-0.1, -0.05) is 31.7 Å². The molecule has 1 heterocycles. The molecule has 3 saturated carbocycles. The van der Waals surface area contributed by atoms with Crippen molar-refractivity contribution in [2.45, 2.75) is 83.9 Å². The predicted molar refractivity (Wildman–Crippen MR) is 111 cm³/mol. The summed E-state index contributed by atoms with van der Waals surface area (Å²) in [5, 5.41) is 3.91. The fourth-order valence-electron chi connectivity index (χ4n) is 6.93. The average Bonchev–Trinajstić information content (AvgIpc) is 2.92. The summed E-state index contributed by atoms with van der Waals surface area (Å²) in [5.74, 6) is 2.45. The van der Waals surface area contributed by atoms with Crippen molar-refractivity contribution in [3.8, 4) is 0 Å². The zero-order valence-electron chi connectivity index (χ0n) is 17.5. The molecule has 1 aliphatic heterocycles. The van der Waals surface area contributed by atoms with E-state index < -0.39 is 0 Å². The Bertz CT molecular complexity index is 680. The Morgan fingerprint density at radius 1 is 1.19 bits per heavy atom. The number of carbonyl (C=O) groups excluding carboxylic acids is 2.